The molecule has 0 aromatic carbocycles. The quantitative estimate of drug-likeness (QED) is 0.847. The number of carbonyl (C=O) groups excluding carboxylic acids is 1. The lowest BCUT2D eigenvalue weighted by Gasteiger charge is -2.37. The minimum Gasteiger partial charge on any atom is -0.396 e. The van der Waals surface area contributed by atoms with Gasteiger partial charge in [-0.05, 0) is 50.9 Å². The molecule has 0 unspecified atom stereocenters. The van der Waals surface area contributed by atoms with Crippen LogP contribution in [0.4, 0.5) is 0 Å². The lowest BCUT2D eigenvalue weighted by atomic mass is 9.83. The fraction of sp³-hybridized carbons (Fsp3) is 0.933. The topological polar surface area (TPSA) is 49.8 Å². The van der Waals surface area contributed by atoms with Crippen LogP contribution in [0.1, 0.15) is 44.9 Å². The smallest absolute Gasteiger partial charge is 0.225 e. The molecule has 1 aliphatic heterocycles. The Hall–Kier alpha value is -0.610. The molecular weight excluding hydrogens is 242 g/mol. The molecule has 0 bridgehead atoms. The Bertz CT molecular complexity index is 281. The van der Waals surface area contributed by atoms with Crippen molar-refractivity contribution in [1.29, 1.82) is 0 Å². The van der Waals surface area contributed by atoms with Gasteiger partial charge in [-0.1, -0.05) is 0 Å². The first-order chi connectivity index (χ1) is 9.22. The van der Waals surface area contributed by atoms with Crippen LogP contribution in [0.2, 0.25) is 0 Å². The third-order valence-corrected chi connectivity index (χ3v) is 4.82. The number of ether oxygens (including phenoxy) is 1. The summed E-state index contributed by atoms with van der Waals surface area (Å²) in [6, 6.07) is 0.408. The van der Waals surface area contributed by atoms with E-state index in [-0.39, 0.29) is 5.92 Å². The molecular formula is C15H27NO3. The van der Waals surface area contributed by atoms with Gasteiger partial charge in [0.2, 0.25) is 5.91 Å². The van der Waals surface area contributed by atoms with Gasteiger partial charge in [-0.2, -0.15) is 0 Å². The summed E-state index contributed by atoms with van der Waals surface area (Å²) in [5.74, 6) is 1.15. The predicted molar refractivity (Wildman–Crippen MR) is 73.8 cm³/mol. The van der Waals surface area contributed by atoms with Crippen molar-refractivity contribution in [3.05, 3.63) is 0 Å². The van der Waals surface area contributed by atoms with E-state index in [9.17, 15) is 4.79 Å². The van der Waals surface area contributed by atoms with Crippen LogP contribution in [-0.4, -0.2) is 48.8 Å². The molecule has 0 atom stereocenters. The van der Waals surface area contributed by atoms with E-state index in [4.69, 9.17) is 9.84 Å². The van der Waals surface area contributed by atoms with Gasteiger partial charge in [0.05, 0.1) is 0 Å². The molecule has 1 aliphatic carbocycles. The second-order valence-electron chi connectivity index (χ2n) is 6.02. The molecule has 1 amide bonds. The molecule has 19 heavy (non-hydrogen) atoms. The average Bonchev–Trinajstić information content (AvgIpc) is 2.48. The van der Waals surface area contributed by atoms with Crippen molar-refractivity contribution < 1.29 is 14.6 Å². The van der Waals surface area contributed by atoms with Gasteiger partial charge in [-0.15, -0.1) is 0 Å². The largest absolute Gasteiger partial charge is 0.396 e. The van der Waals surface area contributed by atoms with Crippen molar-refractivity contribution in [3.63, 3.8) is 0 Å². The van der Waals surface area contributed by atoms with Crippen LogP contribution in [0.15, 0.2) is 0 Å². The fourth-order valence-corrected chi connectivity index (χ4v) is 3.42. The van der Waals surface area contributed by atoms with E-state index in [1.807, 2.05) is 11.9 Å². The number of carbonyl (C=O) groups is 1. The number of nitrogens with zero attached hydrogens (tertiary/aromatic N) is 1. The molecule has 1 saturated carbocycles. The van der Waals surface area contributed by atoms with E-state index >= 15 is 0 Å². The summed E-state index contributed by atoms with van der Waals surface area (Å²) in [5.41, 5.74) is 0. The molecule has 0 aromatic rings. The normalized spacial score (nSPS) is 29.2. The highest BCUT2D eigenvalue weighted by atomic mass is 16.5. The molecule has 2 rings (SSSR count). The third-order valence-electron chi connectivity index (χ3n) is 4.82. The molecule has 2 aliphatic rings. The number of hydrogen-bond donors (Lipinski definition) is 1. The van der Waals surface area contributed by atoms with Crippen LogP contribution >= 0.6 is 0 Å². The van der Waals surface area contributed by atoms with Gasteiger partial charge in [0.1, 0.15) is 0 Å². The Morgan fingerprint density at radius 2 is 1.79 bits per heavy atom. The van der Waals surface area contributed by atoms with Crippen LogP contribution in [0.3, 0.4) is 0 Å². The van der Waals surface area contributed by atoms with Crippen LogP contribution in [-0.2, 0) is 9.53 Å². The molecule has 1 saturated heterocycles. The van der Waals surface area contributed by atoms with Crippen molar-refractivity contribution in [1.82, 2.24) is 4.90 Å². The Morgan fingerprint density at radius 3 is 2.37 bits per heavy atom. The Balaban J connectivity index is 1.79. The van der Waals surface area contributed by atoms with E-state index in [1.165, 1.54) is 0 Å². The van der Waals surface area contributed by atoms with Gasteiger partial charge in [-0.25, -0.2) is 0 Å². The molecule has 4 heteroatoms. The van der Waals surface area contributed by atoms with Gasteiger partial charge in [0, 0.05) is 38.8 Å². The minimum absolute atomic E-state index is 0.175. The zero-order chi connectivity index (χ0) is 13.7. The molecule has 0 radical (unpaired) electrons. The maximum absolute atomic E-state index is 12.4. The molecule has 2 fully saturated rings. The predicted octanol–water partition coefficient (Wildman–Crippen LogP) is 1.81. The SMILES string of the molecule is CN(C(=O)C1CCOCC1)C1CCC(CCO)CC1. The average molecular weight is 269 g/mol. The van der Waals surface area contributed by atoms with Crippen molar-refractivity contribution in [3.8, 4) is 0 Å². The number of amides is 1. The van der Waals surface area contributed by atoms with Crippen molar-refractivity contribution in [2.75, 3.05) is 26.9 Å². The van der Waals surface area contributed by atoms with Crippen LogP contribution in [0, 0.1) is 11.8 Å². The maximum Gasteiger partial charge on any atom is 0.225 e. The summed E-state index contributed by atoms with van der Waals surface area (Å²) in [5, 5.41) is 8.98. The Morgan fingerprint density at radius 1 is 1.16 bits per heavy atom. The molecule has 1 heterocycles. The molecule has 1 N–H and O–H groups in total. The summed E-state index contributed by atoms with van der Waals surface area (Å²) in [7, 11) is 1.97. The summed E-state index contributed by atoms with van der Waals surface area (Å²) < 4.78 is 5.32. The monoisotopic (exact) mass is 269 g/mol. The lowest BCUT2D eigenvalue weighted by molar-refractivity contribution is -0.140. The zero-order valence-electron chi connectivity index (χ0n) is 12.0. The Kier molecular flexibility index (Phi) is 5.64. The van der Waals surface area contributed by atoms with Crippen LogP contribution in [0.25, 0.3) is 0 Å². The van der Waals surface area contributed by atoms with Gasteiger partial charge >= 0.3 is 0 Å². The number of aliphatic hydroxyl groups is 1. The van der Waals surface area contributed by atoms with Crippen molar-refractivity contribution in [2.45, 2.75) is 51.0 Å². The lowest BCUT2D eigenvalue weighted by Crippen LogP contribution is -2.43. The van der Waals surface area contributed by atoms with E-state index < -0.39 is 0 Å². The molecule has 0 spiro atoms. The van der Waals surface area contributed by atoms with E-state index in [2.05, 4.69) is 0 Å². The minimum atomic E-state index is 0.175. The number of hydrogen-bond acceptors (Lipinski definition) is 3. The highest BCUT2D eigenvalue weighted by Gasteiger charge is 2.30. The second kappa shape index (κ2) is 7.25. The van der Waals surface area contributed by atoms with Gasteiger partial charge in [-0.3, -0.25) is 4.79 Å². The van der Waals surface area contributed by atoms with Gasteiger partial charge < -0.3 is 14.7 Å². The first-order valence-electron chi connectivity index (χ1n) is 7.67. The summed E-state index contributed by atoms with van der Waals surface area (Å²) >= 11 is 0. The third kappa shape index (κ3) is 3.93. The van der Waals surface area contributed by atoms with E-state index in [1.54, 1.807) is 0 Å². The van der Waals surface area contributed by atoms with Gasteiger partial charge in [0.15, 0.2) is 0 Å². The second-order valence-corrected chi connectivity index (χ2v) is 6.02. The summed E-state index contributed by atoms with van der Waals surface area (Å²) in [6.45, 7) is 1.76. The van der Waals surface area contributed by atoms with Crippen molar-refractivity contribution >= 4 is 5.91 Å². The van der Waals surface area contributed by atoms with Crippen LogP contribution < -0.4 is 0 Å². The highest BCUT2D eigenvalue weighted by Crippen LogP contribution is 2.30. The van der Waals surface area contributed by atoms with E-state index in [0.717, 1.165) is 58.2 Å². The molecule has 110 valence electrons. The van der Waals surface area contributed by atoms with Crippen LogP contribution in [0.5, 0.6) is 0 Å². The maximum atomic E-state index is 12.4. The van der Waals surface area contributed by atoms with Crippen molar-refractivity contribution in [2.24, 2.45) is 11.8 Å². The fourth-order valence-electron chi connectivity index (χ4n) is 3.42. The summed E-state index contributed by atoms with van der Waals surface area (Å²) in [6.07, 6.45) is 7.16. The number of aliphatic hydroxyl groups excluding tert-OH is 1. The standard InChI is InChI=1S/C15H27NO3/c1-16(15(18)13-7-10-19-11-8-13)14-4-2-12(3-5-14)6-9-17/h12-14,17H,2-11H2,1H3. The molecule has 0 aromatic heterocycles. The zero-order valence-corrected chi connectivity index (χ0v) is 12.0. The Labute approximate surface area is 116 Å². The first-order valence-corrected chi connectivity index (χ1v) is 7.67. The van der Waals surface area contributed by atoms with Gasteiger partial charge in [0.25, 0.3) is 0 Å². The first kappa shape index (κ1) is 14.8. The highest BCUT2D eigenvalue weighted by molar-refractivity contribution is 5.79. The number of rotatable bonds is 4. The van der Waals surface area contributed by atoms with E-state index in [0.29, 0.717) is 24.5 Å². The summed E-state index contributed by atoms with van der Waals surface area (Å²) in [4.78, 5) is 14.4. The molecule has 4 nitrogen and oxygen atoms in total.